The minimum absolute atomic E-state index is 0.0935. The Morgan fingerprint density at radius 3 is 2.29 bits per heavy atom. The molecule has 0 aliphatic rings. The van der Waals surface area contributed by atoms with Gasteiger partial charge in [-0.1, -0.05) is 29.8 Å². The molecule has 4 heteroatoms. The zero-order chi connectivity index (χ0) is 15.8. The predicted molar refractivity (Wildman–Crippen MR) is 83.2 cm³/mol. The van der Waals surface area contributed by atoms with Gasteiger partial charge in [-0.2, -0.15) is 0 Å². The number of amides is 1. The number of carbonyl (C=O) groups excluding carboxylic acids is 1. The predicted octanol–water partition coefficient (Wildman–Crippen LogP) is 3.03. The van der Waals surface area contributed by atoms with Gasteiger partial charge in [0.05, 0.1) is 0 Å². The van der Waals surface area contributed by atoms with Gasteiger partial charge in [0.25, 0.3) is 0 Å². The largest absolute Gasteiger partial charge is 0.481 e. The molecule has 1 aromatic carbocycles. The summed E-state index contributed by atoms with van der Waals surface area (Å²) < 4.78 is 0. The van der Waals surface area contributed by atoms with Crippen molar-refractivity contribution in [1.29, 1.82) is 0 Å². The fourth-order valence-corrected chi connectivity index (χ4v) is 2.22. The van der Waals surface area contributed by atoms with Gasteiger partial charge < -0.3 is 10.0 Å². The van der Waals surface area contributed by atoms with Crippen LogP contribution in [0.2, 0.25) is 0 Å². The molecule has 0 fully saturated rings. The van der Waals surface area contributed by atoms with Crippen LogP contribution in [-0.2, 0) is 16.0 Å². The molecule has 0 unspecified atom stereocenters. The zero-order valence-electron chi connectivity index (χ0n) is 13.1. The van der Waals surface area contributed by atoms with Crippen molar-refractivity contribution < 1.29 is 14.7 Å². The molecule has 0 aromatic heterocycles. The van der Waals surface area contributed by atoms with Crippen LogP contribution in [0, 0.1) is 6.92 Å². The molecule has 0 radical (unpaired) electrons. The van der Waals surface area contributed by atoms with E-state index in [0.717, 1.165) is 12.0 Å². The molecule has 116 valence electrons. The maximum Gasteiger partial charge on any atom is 0.303 e. The fraction of sp³-hybridized carbons (Fsp3) is 0.529. The first-order chi connectivity index (χ1) is 9.90. The molecule has 4 nitrogen and oxygen atoms in total. The molecule has 0 spiro atoms. The minimum Gasteiger partial charge on any atom is -0.481 e. The average molecular weight is 291 g/mol. The molecule has 0 bridgehead atoms. The average Bonchev–Trinajstić information content (AvgIpc) is 2.42. The van der Waals surface area contributed by atoms with Gasteiger partial charge in [0.1, 0.15) is 0 Å². The lowest BCUT2D eigenvalue weighted by Gasteiger charge is -2.26. The van der Waals surface area contributed by atoms with Gasteiger partial charge in [-0.25, -0.2) is 0 Å². The van der Waals surface area contributed by atoms with E-state index < -0.39 is 5.97 Å². The first-order valence-electron chi connectivity index (χ1n) is 7.47. The Hall–Kier alpha value is -1.84. The van der Waals surface area contributed by atoms with Crippen molar-refractivity contribution in [3.05, 3.63) is 35.4 Å². The Bertz CT molecular complexity index is 465. The standard InChI is InChI=1S/C17H25NO3/c1-13(2)18(12-4-5-17(20)21)16(19)11-10-15-8-6-14(3)7-9-15/h6-9,13H,4-5,10-12H2,1-3H3,(H,20,21). The van der Waals surface area contributed by atoms with Crippen molar-refractivity contribution in [2.45, 2.75) is 52.5 Å². The van der Waals surface area contributed by atoms with E-state index in [9.17, 15) is 9.59 Å². The van der Waals surface area contributed by atoms with Gasteiger partial charge in [-0.15, -0.1) is 0 Å². The third-order valence-electron chi connectivity index (χ3n) is 3.48. The van der Waals surface area contributed by atoms with Crippen LogP contribution in [0.3, 0.4) is 0 Å². The van der Waals surface area contributed by atoms with E-state index >= 15 is 0 Å². The van der Waals surface area contributed by atoms with Crippen molar-refractivity contribution in [3.63, 3.8) is 0 Å². The van der Waals surface area contributed by atoms with Crippen molar-refractivity contribution in [2.75, 3.05) is 6.54 Å². The van der Waals surface area contributed by atoms with Crippen LogP contribution < -0.4 is 0 Å². The molecule has 0 saturated carbocycles. The highest BCUT2D eigenvalue weighted by atomic mass is 16.4. The van der Waals surface area contributed by atoms with E-state index in [-0.39, 0.29) is 18.4 Å². The number of hydrogen-bond acceptors (Lipinski definition) is 2. The SMILES string of the molecule is Cc1ccc(CCC(=O)N(CCCC(=O)O)C(C)C)cc1. The highest BCUT2D eigenvalue weighted by Gasteiger charge is 2.16. The van der Waals surface area contributed by atoms with Gasteiger partial charge in [0, 0.05) is 25.4 Å². The first-order valence-corrected chi connectivity index (χ1v) is 7.47. The first kappa shape index (κ1) is 17.2. The molecule has 0 saturated heterocycles. The summed E-state index contributed by atoms with van der Waals surface area (Å²) in [4.78, 5) is 24.6. The van der Waals surface area contributed by atoms with E-state index in [1.807, 2.05) is 45.0 Å². The Morgan fingerprint density at radius 2 is 1.76 bits per heavy atom. The van der Waals surface area contributed by atoms with Crippen LogP contribution >= 0.6 is 0 Å². The third kappa shape index (κ3) is 6.43. The maximum atomic E-state index is 12.3. The maximum absolute atomic E-state index is 12.3. The number of aryl methyl sites for hydroxylation is 2. The summed E-state index contributed by atoms with van der Waals surface area (Å²) in [5, 5.41) is 8.67. The summed E-state index contributed by atoms with van der Waals surface area (Å²) in [7, 11) is 0. The quantitative estimate of drug-likeness (QED) is 0.801. The molecule has 1 aromatic rings. The summed E-state index contributed by atoms with van der Waals surface area (Å²) in [5.41, 5.74) is 2.37. The number of hydrogen-bond donors (Lipinski definition) is 1. The van der Waals surface area contributed by atoms with Crippen molar-refractivity contribution in [2.24, 2.45) is 0 Å². The van der Waals surface area contributed by atoms with Crippen LogP contribution in [-0.4, -0.2) is 34.5 Å². The minimum atomic E-state index is -0.814. The number of aliphatic carboxylic acids is 1. The van der Waals surface area contributed by atoms with E-state index in [1.165, 1.54) is 5.56 Å². The summed E-state index contributed by atoms with van der Waals surface area (Å²) in [6.45, 7) is 6.48. The lowest BCUT2D eigenvalue weighted by molar-refractivity contribution is -0.138. The summed E-state index contributed by atoms with van der Waals surface area (Å²) in [5.74, 6) is -0.721. The number of nitrogens with zero attached hydrogens (tertiary/aromatic N) is 1. The number of carboxylic acid groups (broad SMARTS) is 1. The summed E-state index contributed by atoms with van der Waals surface area (Å²) >= 11 is 0. The molecular formula is C17H25NO3. The van der Waals surface area contributed by atoms with Crippen LogP contribution in [0.15, 0.2) is 24.3 Å². The molecule has 1 amide bonds. The van der Waals surface area contributed by atoms with Crippen LogP contribution in [0.4, 0.5) is 0 Å². The molecule has 0 atom stereocenters. The zero-order valence-corrected chi connectivity index (χ0v) is 13.1. The Labute approximate surface area is 126 Å². The molecule has 1 N–H and O–H groups in total. The van der Waals surface area contributed by atoms with Crippen LogP contribution in [0.1, 0.15) is 44.2 Å². The van der Waals surface area contributed by atoms with Crippen LogP contribution in [0.5, 0.6) is 0 Å². The van der Waals surface area contributed by atoms with Gasteiger partial charge in [0.15, 0.2) is 0 Å². The molecule has 0 aliphatic carbocycles. The molecule has 0 heterocycles. The Kier molecular flexibility index (Phi) is 6.92. The smallest absolute Gasteiger partial charge is 0.303 e. The second-order valence-electron chi connectivity index (χ2n) is 5.66. The van der Waals surface area contributed by atoms with Gasteiger partial charge in [-0.3, -0.25) is 9.59 Å². The van der Waals surface area contributed by atoms with E-state index in [2.05, 4.69) is 0 Å². The summed E-state index contributed by atoms with van der Waals surface area (Å²) in [6.07, 6.45) is 1.80. The molecule has 21 heavy (non-hydrogen) atoms. The molecule has 0 aliphatic heterocycles. The van der Waals surface area contributed by atoms with Crippen LogP contribution in [0.25, 0.3) is 0 Å². The fourth-order valence-electron chi connectivity index (χ4n) is 2.22. The number of rotatable bonds is 8. The van der Waals surface area contributed by atoms with Gasteiger partial charge in [-0.05, 0) is 39.2 Å². The van der Waals surface area contributed by atoms with E-state index in [4.69, 9.17) is 5.11 Å². The summed E-state index contributed by atoms with van der Waals surface area (Å²) in [6, 6.07) is 8.29. The van der Waals surface area contributed by atoms with E-state index in [0.29, 0.717) is 19.4 Å². The number of carbonyl (C=O) groups is 2. The highest BCUT2D eigenvalue weighted by Crippen LogP contribution is 2.10. The molecular weight excluding hydrogens is 266 g/mol. The van der Waals surface area contributed by atoms with E-state index in [1.54, 1.807) is 4.90 Å². The second-order valence-corrected chi connectivity index (χ2v) is 5.66. The van der Waals surface area contributed by atoms with Crippen molar-refractivity contribution in [1.82, 2.24) is 4.90 Å². The normalized spacial score (nSPS) is 10.7. The number of carboxylic acids is 1. The lowest BCUT2D eigenvalue weighted by Crippen LogP contribution is -2.38. The highest BCUT2D eigenvalue weighted by molar-refractivity contribution is 5.76. The monoisotopic (exact) mass is 291 g/mol. The topological polar surface area (TPSA) is 57.6 Å². The second kappa shape index (κ2) is 8.45. The van der Waals surface area contributed by atoms with Gasteiger partial charge in [0.2, 0.25) is 5.91 Å². The molecule has 1 rings (SSSR count). The number of benzene rings is 1. The van der Waals surface area contributed by atoms with Crippen molar-refractivity contribution in [3.8, 4) is 0 Å². The Morgan fingerprint density at radius 1 is 1.14 bits per heavy atom. The lowest BCUT2D eigenvalue weighted by atomic mass is 10.1. The van der Waals surface area contributed by atoms with Gasteiger partial charge >= 0.3 is 5.97 Å². The Balaban J connectivity index is 2.48. The third-order valence-corrected chi connectivity index (χ3v) is 3.48. The van der Waals surface area contributed by atoms with Crippen molar-refractivity contribution >= 4 is 11.9 Å².